The molecule has 0 saturated carbocycles. The number of benzene rings is 1. The highest BCUT2D eigenvalue weighted by Crippen LogP contribution is 2.31. The summed E-state index contributed by atoms with van der Waals surface area (Å²) in [5.41, 5.74) is 11.0. The molecule has 0 atom stereocenters. The smallest absolute Gasteiger partial charge is 0.131 e. The lowest BCUT2D eigenvalue weighted by Crippen LogP contribution is -2.12. The van der Waals surface area contributed by atoms with Gasteiger partial charge in [-0.15, -0.1) is 0 Å². The predicted octanol–water partition coefficient (Wildman–Crippen LogP) is 4.53. The van der Waals surface area contributed by atoms with Gasteiger partial charge < -0.3 is 10.3 Å². The van der Waals surface area contributed by atoms with Gasteiger partial charge in [-0.1, -0.05) is 44.9 Å². The third kappa shape index (κ3) is 3.29. The first-order valence-corrected chi connectivity index (χ1v) is 7.74. The minimum absolute atomic E-state index is 0.366. The van der Waals surface area contributed by atoms with Gasteiger partial charge in [-0.05, 0) is 31.9 Å². The molecule has 0 unspecified atom stereocenters. The van der Waals surface area contributed by atoms with Gasteiger partial charge >= 0.3 is 0 Å². The van der Waals surface area contributed by atoms with Gasteiger partial charge in [0.05, 0.1) is 0 Å². The van der Waals surface area contributed by atoms with Crippen molar-refractivity contribution in [1.29, 1.82) is 0 Å². The molecule has 1 heterocycles. The number of nitrogen functional groups attached to an aromatic ring is 1. The Balaban J connectivity index is 2.59. The number of aryl methyl sites for hydroxylation is 2. The van der Waals surface area contributed by atoms with Crippen LogP contribution in [-0.4, -0.2) is 9.55 Å². The maximum Gasteiger partial charge on any atom is 0.131 e. The fourth-order valence-corrected chi connectivity index (χ4v) is 2.81. The number of nitrogens with two attached hydrogens (primary N) is 1. The van der Waals surface area contributed by atoms with Crippen molar-refractivity contribution in [1.82, 2.24) is 9.55 Å². The molecule has 1 aromatic carbocycles. The minimum Gasteiger partial charge on any atom is -0.383 e. The Kier molecular flexibility index (Phi) is 4.40. The molecule has 3 nitrogen and oxygen atoms in total. The summed E-state index contributed by atoms with van der Waals surface area (Å²) in [4.78, 5) is 4.85. The predicted molar refractivity (Wildman–Crippen MR) is 90.5 cm³/mol. The van der Waals surface area contributed by atoms with E-state index in [2.05, 4.69) is 64.3 Å². The molecule has 0 bridgehead atoms. The number of imidazole rings is 1. The van der Waals surface area contributed by atoms with Crippen LogP contribution in [0, 0.1) is 19.8 Å². The van der Waals surface area contributed by atoms with Gasteiger partial charge in [0.2, 0.25) is 0 Å². The Bertz CT molecular complexity index is 616. The van der Waals surface area contributed by atoms with Crippen molar-refractivity contribution in [3.63, 3.8) is 0 Å². The van der Waals surface area contributed by atoms with E-state index < -0.39 is 0 Å². The Morgan fingerprint density at radius 3 is 2.10 bits per heavy atom. The molecule has 2 N–H and O–H groups in total. The van der Waals surface area contributed by atoms with Crippen molar-refractivity contribution < 1.29 is 0 Å². The van der Waals surface area contributed by atoms with Crippen LogP contribution in [-0.2, 0) is 6.54 Å². The lowest BCUT2D eigenvalue weighted by molar-refractivity contribution is 0.502. The molecular weight excluding hydrogens is 258 g/mol. The van der Waals surface area contributed by atoms with Crippen LogP contribution in [0.2, 0.25) is 0 Å². The van der Waals surface area contributed by atoms with Gasteiger partial charge in [0, 0.05) is 18.0 Å². The van der Waals surface area contributed by atoms with Crippen LogP contribution in [0.4, 0.5) is 5.82 Å². The molecule has 0 aliphatic rings. The molecule has 2 rings (SSSR count). The number of anilines is 1. The standard InChI is InChI=1S/C18H27N3/c1-11(2)10-21-17(19)16(20-18(21)12(3)4)15-8-13(5)7-14(6)9-15/h7-9,11-12H,10,19H2,1-6H3. The maximum absolute atomic E-state index is 6.42. The first-order valence-electron chi connectivity index (χ1n) is 7.74. The van der Waals surface area contributed by atoms with Crippen molar-refractivity contribution in [2.75, 3.05) is 5.73 Å². The zero-order valence-electron chi connectivity index (χ0n) is 14.1. The average Bonchev–Trinajstić information content (AvgIpc) is 2.65. The Hall–Kier alpha value is -1.77. The number of hydrogen-bond donors (Lipinski definition) is 1. The van der Waals surface area contributed by atoms with Crippen molar-refractivity contribution in [2.24, 2.45) is 5.92 Å². The van der Waals surface area contributed by atoms with E-state index in [0.717, 1.165) is 29.4 Å². The Morgan fingerprint density at radius 2 is 1.62 bits per heavy atom. The summed E-state index contributed by atoms with van der Waals surface area (Å²) in [6.07, 6.45) is 0. The van der Waals surface area contributed by atoms with E-state index in [1.54, 1.807) is 0 Å². The second kappa shape index (κ2) is 5.92. The highest BCUT2D eigenvalue weighted by molar-refractivity contribution is 5.72. The molecular formula is C18H27N3. The van der Waals surface area contributed by atoms with Gasteiger partial charge in [0.15, 0.2) is 0 Å². The molecule has 21 heavy (non-hydrogen) atoms. The Labute approximate surface area is 128 Å². The molecule has 0 saturated heterocycles. The average molecular weight is 285 g/mol. The quantitative estimate of drug-likeness (QED) is 0.897. The van der Waals surface area contributed by atoms with Crippen LogP contribution < -0.4 is 5.73 Å². The molecule has 0 aliphatic heterocycles. The lowest BCUT2D eigenvalue weighted by atomic mass is 10.1. The first-order chi connectivity index (χ1) is 9.79. The Morgan fingerprint density at radius 1 is 1.05 bits per heavy atom. The molecule has 0 spiro atoms. The van der Waals surface area contributed by atoms with Gasteiger partial charge in [-0.3, -0.25) is 0 Å². The normalized spacial score (nSPS) is 11.6. The minimum atomic E-state index is 0.366. The fraction of sp³-hybridized carbons (Fsp3) is 0.500. The van der Waals surface area contributed by atoms with E-state index in [9.17, 15) is 0 Å². The highest BCUT2D eigenvalue weighted by atomic mass is 15.1. The van der Waals surface area contributed by atoms with Crippen LogP contribution in [0.1, 0.15) is 50.6 Å². The molecule has 114 valence electrons. The van der Waals surface area contributed by atoms with Crippen LogP contribution in [0.15, 0.2) is 18.2 Å². The largest absolute Gasteiger partial charge is 0.383 e. The van der Waals surface area contributed by atoms with E-state index >= 15 is 0 Å². The number of hydrogen-bond acceptors (Lipinski definition) is 2. The zero-order valence-corrected chi connectivity index (χ0v) is 14.1. The summed E-state index contributed by atoms with van der Waals surface area (Å²) >= 11 is 0. The van der Waals surface area contributed by atoms with Crippen LogP contribution >= 0.6 is 0 Å². The van der Waals surface area contributed by atoms with Crippen LogP contribution in [0.25, 0.3) is 11.3 Å². The summed E-state index contributed by atoms with van der Waals surface area (Å²) in [6.45, 7) is 13.9. The summed E-state index contributed by atoms with van der Waals surface area (Å²) < 4.78 is 2.18. The SMILES string of the molecule is Cc1cc(C)cc(-c2nc(C(C)C)n(CC(C)C)c2N)c1. The van der Waals surface area contributed by atoms with Crippen molar-refractivity contribution >= 4 is 5.82 Å². The van der Waals surface area contributed by atoms with Crippen LogP contribution in [0.5, 0.6) is 0 Å². The van der Waals surface area contributed by atoms with E-state index in [0.29, 0.717) is 11.8 Å². The first kappa shape index (κ1) is 15.6. The summed E-state index contributed by atoms with van der Waals surface area (Å²) in [6, 6.07) is 6.50. The second-order valence-corrected chi connectivity index (χ2v) is 6.74. The number of nitrogens with zero attached hydrogens (tertiary/aromatic N) is 2. The van der Waals surface area contributed by atoms with E-state index in [1.807, 2.05) is 0 Å². The van der Waals surface area contributed by atoms with E-state index in [-0.39, 0.29) is 0 Å². The molecule has 0 fully saturated rings. The fourth-order valence-electron chi connectivity index (χ4n) is 2.81. The van der Waals surface area contributed by atoms with Gasteiger partial charge in [0.25, 0.3) is 0 Å². The van der Waals surface area contributed by atoms with Gasteiger partial charge in [-0.2, -0.15) is 0 Å². The summed E-state index contributed by atoms with van der Waals surface area (Å²) in [5.74, 6) is 2.78. The van der Waals surface area contributed by atoms with Crippen molar-refractivity contribution in [3.05, 3.63) is 35.2 Å². The molecule has 0 amide bonds. The number of aromatic nitrogens is 2. The zero-order chi connectivity index (χ0) is 15.7. The summed E-state index contributed by atoms with van der Waals surface area (Å²) in [7, 11) is 0. The van der Waals surface area contributed by atoms with Crippen LogP contribution in [0.3, 0.4) is 0 Å². The highest BCUT2D eigenvalue weighted by Gasteiger charge is 2.19. The van der Waals surface area contributed by atoms with Crippen molar-refractivity contribution in [2.45, 2.75) is 54.0 Å². The molecule has 2 aromatic rings. The topological polar surface area (TPSA) is 43.8 Å². The monoisotopic (exact) mass is 285 g/mol. The maximum atomic E-state index is 6.42. The molecule has 1 aromatic heterocycles. The third-order valence-electron chi connectivity index (χ3n) is 3.60. The second-order valence-electron chi connectivity index (χ2n) is 6.74. The molecule has 0 radical (unpaired) electrons. The molecule has 0 aliphatic carbocycles. The summed E-state index contributed by atoms with van der Waals surface area (Å²) in [5, 5.41) is 0. The van der Waals surface area contributed by atoms with E-state index in [1.165, 1.54) is 11.1 Å². The number of rotatable bonds is 4. The molecule has 3 heteroatoms. The van der Waals surface area contributed by atoms with Gasteiger partial charge in [-0.25, -0.2) is 4.98 Å². The van der Waals surface area contributed by atoms with Crippen molar-refractivity contribution in [3.8, 4) is 11.3 Å². The van der Waals surface area contributed by atoms with Gasteiger partial charge in [0.1, 0.15) is 17.3 Å². The third-order valence-corrected chi connectivity index (χ3v) is 3.60. The van der Waals surface area contributed by atoms with E-state index in [4.69, 9.17) is 10.7 Å². The lowest BCUT2D eigenvalue weighted by Gasteiger charge is -2.14.